The number of nitrogens with one attached hydrogen (secondary N) is 1. The monoisotopic (exact) mass is 490 g/mol. The molecular formula is C24H27ClN2O5S. The molecule has 1 N–H and O–H groups in total. The number of carbonyl (C=O) groups is 3. The van der Waals surface area contributed by atoms with Crippen molar-refractivity contribution >= 4 is 46.4 Å². The van der Waals surface area contributed by atoms with Gasteiger partial charge in [-0.2, -0.15) is 0 Å². The largest absolute Gasteiger partial charge is 0.442 e. The highest BCUT2D eigenvalue weighted by Gasteiger charge is 2.32. The summed E-state index contributed by atoms with van der Waals surface area (Å²) in [7, 11) is 0. The van der Waals surface area contributed by atoms with Gasteiger partial charge >= 0.3 is 6.09 Å². The fourth-order valence-corrected chi connectivity index (χ4v) is 5.13. The number of Topliss-reactive ketones (excluding diaryl/α,β-unsaturated/α-hetero) is 1. The van der Waals surface area contributed by atoms with Gasteiger partial charge in [-0.05, 0) is 61.4 Å². The molecule has 2 aromatic rings. The number of ketones is 1. The number of hydrogen-bond donors (Lipinski definition) is 1. The third kappa shape index (κ3) is 6.56. The molecule has 2 atom stereocenters. The molecule has 2 saturated heterocycles. The first-order chi connectivity index (χ1) is 16.0. The van der Waals surface area contributed by atoms with E-state index in [1.807, 2.05) is 24.3 Å². The van der Waals surface area contributed by atoms with Crippen LogP contribution >= 0.6 is 22.9 Å². The van der Waals surface area contributed by atoms with Gasteiger partial charge in [-0.15, -0.1) is 11.3 Å². The molecule has 33 heavy (non-hydrogen) atoms. The van der Waals surface area contributed by atoms with Crippen molar-refractivity contribution < 1.29 is 23.9 Å². The van der Waals surface area contributed by atoms with Gasteiger partial charge < -0.3 is 14.8 Å². The van der Waals surface area contributed by atoms with E-state index >= 15 is 0 Å². The van der Waals surface area contributed by atoms with Crippen LogP contribution in [0.3, 0.4) is 0 Å². The number of anilines is 1. The van der Waals surface area contributed by atoms with Crippen LogP contribution in [0.4, 0.5) is 10.5 Å². The highest BCUT2D eigenvalue weighted by molar-refractivity contribution is 7.18. The minimum absolute atomic E-state index is 0.188. The zero-order valence-electron chi connectivity index (χ0n) is 18.3. The number of ether oxygens (including phenoxy) is 2. The lowest BCUT2D eigenvalue weighted by atomic mass is 9.90. The molecule has 2 amide bonds. The van der Waals surface area contributed by atoms with E-state index in [0.29, 0.717) is 34.7 Å². The molecule has 2 aliphatic heterocycles. The van der Waals surface area contributed by atoms with Gasteiger partial charge in [0.25, 0.3) is 5.91 Å². The molecule has 2 aliphatic rings. The maximum absolute atomic E-state index is 12.3. The molecule has 0 saturated carbocycles. The van der Waals surface area contributed by atoms with Crippen LogP contribution in [0.5, 0.6) is 0 Å². The number of carbonyl (C=O) groups excluding carboxylic acids is 3. The molecule has 4 rings (SSSR count). The average Bonchev–Trinajstić information content (AvgIpc) is 3.39. The van der Waals surface area contributed by atoms with E-state index in [0.717, 1.165) is 31.4 Å². The van der Waals surface area contributed by atoms with Crippen molar-refractivity contribution in [3.63, 3.8) is 0 Å². The number of aryl methyl sites for hydroxylation is 1. The molecule has 9 heteroatoms. The number of rotatable bonds is 7. The molecule has 2 fully saturated rings. The first kappa shape index (κ1) is 23.7. The van der Waals surface area contributed by atoms with Crippen LogP contribution in [0.25, 0.3) is 0 Å². The lowest BCUT2D eigenvalue weighted by Gasteiger charge is -2.19. The fourth-order valence-electron chi connectivity index (χ4n) is 4.17. The molecule has 0 aliphatic carbocycles. The first-order valence-corrected chi connectivity index (χ1v) is 12.4. The molecule has 2 unspecified atom stereocenters. The molecule has 1 aromatic carbocycles. The predicted molar refractivity (Wildman–Crippen MR) is 127 cm³/mol. The quantitative estimate of drug-likeness (QED) is 0.618. The minimum Gasteiger partial charge on any atom is -0.442 e. The zero-order valence-corrected chi connectivity index (χ0v) is 19.8. The van der Waals surface area contributed by atoms with Gasteiger partial charge in [-0.25, -0.2) is 4.79 Å². The third-order valence-electron chi connectivity index (χ3n) is 5.93. The lowest BCUT2D eigenvalue weighted by molar-refractivity contribution is -0.125. The van der Waals surface area contributed by atoms with Crippen LogP contribution in [0, 0.1) is 5.92 Å². The van der Waals surface area contributed by atoms with E-state index in [1.54, 1.807) is 17.0 Å². The van der Waals surface area contributed by atoms with Gasteiger partial charge in [0.1, 0.15) is 12.7 Å². The van der Waals surface area contributed by atoms with Crippen LogP contribution in [0.2, 0.25) is 4.34 Å². The normalized spacial score (nSPS) is 21.4. The topological polar surface area (TPSA) is 84.9 Å². The Labute approximate surface area is 202 Å². The summed E-state index contributed by atoms with van der Waals surface area (Å²) < 4.78 is 11.3. The van der Waals surface area contributed by atoms with E-state index in [4.69, 9.17) is 21.1 Å². The summed E-state index contributed by atoms with van der Waals surface area (Å²) >= 11 is 7.08. The van der Waals surface area contributed by atoms with Gasteiger partial charge in [0.05, 0.1) is 22.3 Å². The lowest BCUT2D eigenvalue weighted by Crippen LogP contribution is -2.34. The molecule has 3 heterocycles. The molecule has 7 nitrogen and oxygen atoms in total. The number of amides is 2. The maximum atomic E-state index is 12.3. The van der Waals surface area contributed by atoms with Crippen molar-refractivity contribution in [1.82, 2.24) is 5.32 Å². The summed E-state index contributed by atoms with van der Waals surface area (Å²) in [5.41, 5.74) is 1.94. The Morgan fingerprint density at radius 2 is 2.00 bits per heavy atom. The van der Waals surface area contributed by atoms with E-state index in [-0.39, 0.29) is 24.8 Å². The number of halogens is 1. The summed E-state index contributed by atoms with van der Waals surface area (Å²) in [6.07, 6.45) is 3.62. The summed E-state index contributed by atoms with van der Waals surface area (Å²) in [6, 6.07) is 11.2. The van der Waals surface area contributed by atoms with Crippen LogP contribution in [-0.2, 0) is 20.7 Å². The molecule has 176 valence electrons. The average molecular weight is 491 g/mol. The second-order valence-corrected chi connectivity index (χ2v) is 10.2. The van der Waals surface area contributed by atoms with Crippen LogP contribution in [0.1, 0.15) is 40.9 Å². The molecule has 0 spiro atoms. The van der Waals surface area contributed by atoms with E-state index < -0.39 is 12.2 Å². The summed E-state index contributed by atoms with van der Waals surface area (Å²) in [5.74, 6) is 0.354. The van der Waals surface area contributed by atoms with E-state index in [1.165, 1.54) is 16.9 Å². The highest BCUT2D eigenvalue weighted by Crippen LogP contribution is 2.25. The molecule has 1 aromatic heterocycles. The van der Waals surface area contributed by atoms with Crippen molar-refractivity contribution in [3.8, 4) is 0 Å². The number of benzene rings is 1. The van der Waals surface area contributed by atoms with Gasteiger partial charge in [0.2, 0.25) is 0 Å². The zero-order chi connectivity index (χ0) is 23.2. The van der Waals surface area contributed by atoms with Crippen LogP contribution in [0.15, 0.2) is 36.4 Å². The Hall–Kier alpha value is -2.42. The number of nitrogens with zero attached hydrogens (tertiary/aromatic N) is 1. The summed E-state index contributed by atoms with van der Waals surface area (Å²) in [6.45, 7) is 1.51. The Kier molecular flexibility index (Phi) is 8.01. The summed E-state index contributed by atoms with van der Waals surface area (Å²) in [5, 5.41) is 2.79. The SMILES string of the molecule is O=C1COCCCC(CCc2ccc(N3CC(CNC(=O)c4ccc(Cl)s4)OC3=O)cc2)C1. The smallest absolute Gasteiger partial charge is 0.414 e. The molecule has 0 radical (unpaired) electrons. The Morgan fingerprint density at radius 3 is 2.76 bits per heavy atom. The molecular weight excluding hydrogens is 464 g/mol. The first-order valence-electron chi connectivity index (χ1n) is 11.2. The highest BCUT2D eigenvalue weighted by atomic mass is 35.5. The Bertz CT molecular complexity index is 993. The predicted octanol–water partition coefficient (Wildman–Crippen LogP) is 4.48. The minimum atomic E-state index is -0.420. The third-order valence-corrected chi connectivity index (χ3v) is 7.16. The van der Waals surface area contributed by atoms with Crippen molar-refractivity contribution in [2.75, 3.05) is 31.2 Å². The second kappa shape index (κ2) is 11.1. The van der Waals surface area contributed by atoms with Gasteiger partial charge in [0.15, 0.2) is 5.78 Å². The fraction of sp³-hybridized carbons (Fsp3) is 0.458. The van der Waals surface area contributed by atoms with E-state index in [2.05, 4.69) is 5.32 Å². The van der Waals surface area contributed by atoms with Crippen LogP contribution in [-0.4, -0.2) is 50.2 Å². The van der Waals surface area contributed by atoms with E-state index in [9.17, 15) is 14.4 Å². The summed E-state index contributed by atoms with van der Waals surface area (Å²) in [4.78, 5) is 38.5. The number of hydrogen-bond acceptors (Lipinski definition) is 6. The van der Waals surface area contributed by atoms with Crippen molar-refractivity contribution in [3.05, 3.63) is 51.2 Å². The van der Waals surface area contributed by atoms with Crippen molar-refractivity contribution in [1.29, 1.82) is 0 Å². The number of cyclic esters (lactones) is 1. The Morgan fingerprint density at radius 1 is 1.18 bits per heavy atom. The second-order valence-electron chi connectivity index (χ2n) is 8.44. The number of thiophene rings is 1. The van der Waals surface area contributed by atoms with Gasteiger partial charge in [-0.3, -0.25) is 14.5 Å². The van der Waals surface area contributed by atoms with Gasteiger partial charge in [0, 0.05) is 18.7 Å². The van der Waals surface area contributed by atoms with Crippen LogP contribution < -0.4 is 10.2 Å². The van der Waals surface area contributed by atoms with Crippen molar-refractivity contribution in [2.24, 2.45) is 5.92 Å². The maximum Gasteiger partial charge on any atom is 0.414 e. The standard InChI is InChI=1S/C24H27ClN2O5S/c25-22-10-9-21(33-22)23(29)26-13-20-14-27(24(30)32-20)18-7-5-16(6-8-18)3-4-17-2-1-11-31-15-19(28)12-17/h5-10,17,20H,1-4,11-15H2,(H,26,29). The van der Waals surface area contributed by atoms with Gasteiger partial charge in [-0.1, -0.05) is 23.7 Å². The molecule has 0 bridgehead atoms. The Balaban J connectivity index is 1.26. The van der Waals surface area contributed by atoms with Crippen molar-refractivity contribution in [2.45, 2.75) is 38.2 Å².